The molecule has 0 fully saturated rings. The van der Waals surface area contributed by atoms with E-state index in [0.29, 0.717) is 0 Å². The summed E-state index contributed by atoms with van der Waals surface area (Å²) in [4.78, 5) is 8.36. The van der Waals surface area contributed by atoms with Crippen LogP contribution in [0.3, 0.4) is 0 Å². The van der Waals surface area contributed by atoms with E-state index in [9.17, 15) is 0 Å². The number of aryl methyl sites for hydroxylation is 2. The van der Waals surface area contributed by atoms with Gasteiger partial charge >= 0.3 is 0 Å². The summed E-state index contributed by atoms with van der Waals surface area (Å²) in [6.45, 7) is 8.16. The first-order valence-electron chi connectivity index (χ1n) is 5.86. The highest BCUT2D eigenvalue weighted by molar-refractivity contribution is 5.66. The Morgan fingerprint density at radius 3 is 2.39 bits per heavy atom. The number of nitrogens with zero attached hydrogens (tertiary/aromatic N) is 3. The van der Waals surface area contributed by atoms with Crippen molar-refractivity contribution in [2.45, 2.75) is 27.7 Å². The molecule has 0 amide bonds. The first kappa shape index (κ1) is 12.3. The molecule has 2 aromatic rings. The normalized spacial score (nSPS) is 10.2. The lowest BCUT2D eigenvalue weighted by molar-refractivity contribution is 1.06. The fraction of sp³-hybridized carbons (Fsp3) is 0.267. The molecule has 0 aliphatic carbocycles. The molecule has 2 rings (SSSR count). The fourth-order valence-corrected chi connectivity index (χ4v) is 1.99. The summed E-state index contributed by atoms with van der Waals surface area (Å²) in [5.41, 5.74) is 6.44. The maximum atomic E-state index is 8.93. The number of nitriles is 1. The lowest BCUT2D eigenvalue weighted by Gasteiger charge is -2.11. The van der Waals surface area contributed by atoms with Crippen molar-refractivity contribution in [1.82, 2.24) is 9.97 Å². The SMILES string of the molecule is Cc1cc(-c2ccc(C)c(C)c2C)nc(C#N)n1. The Kier molecular flexibility index (Phi) is 3.12. The highest BCUT2D eigenvalue weighted by Crippen LogP contribution is 2.26. The van der Waals surface area contributed by atoms with Gasteiger partial charge in [0.1, 0.15) is 6.07 Å². The Morgan fingerprint density at radius 1 is 1.00 bits per heavy atom. The number of rotatable bonds is 1. The predicted octanol–water partition coefficient (Wildman–Crippen LogP) is 3.25. The molecule has 0 spiro atoms. The summed E-state index contributed by atoms with van der Waals surface area (Å²) in [7, 11) is 0. The molecular formula is C15H15N3. The van der Waals surface area contributed by atoms with Crippen LogP contribution < -0.4 is 0 Å². The lowest BCUT2D eigenvalue weighted by Crippen LogP contribution is -1.97. The maximum absolute atomic E-state index is 8.93. The van der Waals surface area contributed by atoms with Gasteiger partial charge in [0.15, 0.2) is 0 Å². The Bertz CT molecular complexity index is 652. The van der Waals surface area contributed by atoms with Gasteiger partial charge in [0, 0.05) is 11.3 Å². The van der Waals surface area contributed by atoms with E-state index in [4.69, 9.17) is 5.26 Å². The monoisotopic (exact) mass is 237 g/mol. The first-order valence-corrected chi connectivity index (χ1v) is 5.86. The molecule has 0 saturated carbocycles. The second-order valence-electron chi connectivity index (χ2n) is 4.51. The standard InChI is InChI=1S/C15H15N3/c1-9-5-6-13(12(4)11(9)3)14-7-10(2)17-15(8-16)18-14/h5-7H,1-4H3. The van der Waals surface area contributed by atoms with Gasteiger partial charge in [-0.15, -0.1) is 0 Å². The summed E-state index contributed by atoms with van der Waals surface area (Å²) < 4.78 is 0. The predicted molar refractivity (Wildman–Crippen MR) is 71.1 cm³/mol. The Hall–Kier alpha value is -2.21. The highest BCUT2D eigenvalue weighted by Gasteiger charge is 2.09. The molecule has 0 atom stereocenters. The van der Waals surface area contributed by atoms with Crippen LogP contribution in [0, 0.1) is 39.0 Å². The second kappa shape index (κ2) is 4.58. The van der Waals surface area contributed by atoms with Crippen LogP contribution in [0.5, 0.6) is 0 Å². The molecule has 0 saturated heterocycles. The van der Waals surface area contributed by atoms with Crippen molar-refractivity contribution in [2.24, 2.45) is 0 Å². The van der Waals surface area contributed by atoms with E-state index >= 15 is 0 Å². The largest absolute Gasteiger partial charge is 0.232 e. The minimum Gasteiger partial charge on any atom is -0.224 e. The average molecular weight is 237 g/mol. The summed E-state index contributed by atoms with van der Waals surface area (Å²) in [5.74, 6) is 0.225. The Balaban J connectivity index is 2.67. The molecule has 0 bridgehead atoms. The zero-order chi connectivity index (χ0) is 13.3. The van der Waals surface area contributed by atoms with Crippen LogP contribution in [-0.2, 0) is 0 Å². The van der Waals surface area contributed by atoms with Crippen molar-refractivity contribution in [3.05, 3.63) is 46.4 Å². The molecule has 1 aromatic carbocycles. The number of hydrogen-bond acceptors (Lipinski definition) is 3. The molecule has 0 aliphatic heterocycles. The zero-order valence-electron chi connectivity index (χ0n) is 11.1. The van der Waals surface area contributed by atoms with Crippen molar-refractivity contribution < 1.29 is 0 Å². The van der Waals surface area contributed by atoms with E-state index in [1.54, 1.807) is 0 Å². The van der Waals surface area contributed by atoms with Crippen LogP contribution in [0.15, 0.2) is 18.2 Å². The van der Waals surface area contributed by atoms with E-state index in [2.05, 4.69) is 42.9 Å². The van der Waals surface area contributed by atoms with Gasteiger partial charge in [-0.1, -0.05) is 12.1 Å². The minimum absolute atomic E-state index is 0.225. The third kappa shape index (κ3) is 2.10. The highest BCUT2D eigenvalue weighted by atomic mass is 14.9. The number of benzene rings is 1. The van der Waals surface area contributed by atoms with Crippen LogP contribution >= 0.6 is 0 Å². The molecule has 3 nitrogen and oxygen atoms in total. The molecule has 1 aromatic heterocycles. The number of hydrogen-bond donors (Lipinski definition) is 0. The van der Waals surface area contributed by atoms with E-state index in [1.165, 1.54) is 16.7 Å². The van der Waals surface area contributed by atoms with E-state index < -0.39 is 0 Å². The van der Waals surface area contributed by atoms with Gasteiger partial charge in [-0.25, -0.2) is 9.97 Å². The maximum Gasteiger partial charge on any atom is 0.232 e. The summed E-state index contributed by atoms with van der Waals surface area (Å²) in [5, 5.41) is 8.93. The Morgan fingerprint density at radius 2 is 1.72 bits per heavy atom. The van der Waals surface area contributed by atoms with E-state index in [1.807, 2.05) is 19.1 Å². The molecule has 0 radical (unpaired) electrons. The van der Waals surface area contributed by atoms with Gasteiger partial charge in [0.2, 0.25) is 5.82 Å². The molecule has 90 valence electrons. The summed E-state index contributed by atoms with van der Waals surface area (Å²) in [6, 6.07) is 8.06. The van der Waals surface area contributed by atoms with Crippen LogP contribution in [0.4, 0.5) is 0 Å². The van der Waals surface area contributed by atoms with Crippen LogP contribution in [0.25, 0.3) is 11.3 Å². The van der Waals surface area contributed by atoms with E-state index in [0.717, 1.165) is 17.0 Å². The van der Waals surface area contributed by atoms with Gasteiger partial charge in [-0.3, -0.25) is 0 Å². The number of aromatic nitrogens is 2. The summed E-state index contributed by atoms with van der Waals surface area (Å²) in [6.07, 6.45) is 0. The van der Waals surface area contributed by atoms with Crippen LogP contribution in [0.1, 0.15) is 28.2 Å². The smallest absolute Gasteiger partial charge is 0.224 e. The zero-order valence-corrected chi connectivity index (χ0v) is 11.1. The van der Waals surface area contributed by atoms with Gasteiger partial charge < -0.3 is 0 Å². The molecule has 18 heavy (non-hydrogen) atoms. The third-order valence-corrected chi connectivity index (χ3v) is 3.29. The fourth-order valence-electron chi connectivity index (χ4n) is 1.99. The molecule has 3 heteroatoms. The minimum atomic E-state index is 0.225. The van der Waals surface area contributed by atoms with Crippen LogP contribution in [-0.4, -0.2) is 9.97 Å². The van der Waals surface area contributed by atoms with Gasteiger partial charge in [0.25, 0.3) is 0 Å². The van der Waals surface area contributed by atoms with Crippen molar-refractivity contribution in [3.63, 3.8) is 0 Å². The molecule has 0 unspecified atom stereocenters. The second-order valence-corrected chi connectivity index (χ2v) is 4.51. The molecule has 0 N–H and O–H groups in total. The van der Waals surface area contributed by atoms with Crippen molar-refractivity contribution >= 4 is 0 Å². The molecule has 0 aliphatic rings. The molecule has 1 heterocycles. The molecular weight excluding hydrogens is 222 g/mol. The third-order valence-electron chi connectivity index (χ3n) is 3.29. The quantitative estimate of drug-likeness (QED) is 0.765. The van der Waals surface area contributed by atoms with E-state index in [-0.39, 0.29) is 5.82 Å². The topological polar surface area (TPSA) is 49.6 Å². The first-order chi connectivity index (χ1) is 8.52. The van der Waals surface area contributed by atoms with Crippen molar-refractivity contribution in [1.29, 1.82) is 5.26 Å². The van der Waals surface area contributed by atoms with Gasteiger partial charge in [0.05, 0.1) is 5.69 Å². The van der Waals surface area contributed by atoms with Crippen LogP contribution in [0.2, 0.25) is 0 Å². The lowest BCUT2D eigenvalue weighted by atomic mass is 9.96. The van der Waals surface area contributed by atoms with Gasteiger partial charge in [-0.2, -0.15) is 5.26 Å². The van der Waals surface area contributed by atoms with Gasteiger partial charge in [-0.05, 0) is 50.5 Å². The summed E-state index contributed by atoms with van der Waals surface area (Å²) >= 11 is 0. The van der Waals surface area contributed by atoms with Crippen molar-refractivity contribution in [3.8, 4) is 17.3 Å². The Labute approximate surface area is 107 Å². The van der Waals surface area contributed by atoms with Crippen molar-refractivity contribution in [2.75, 3.05) is 0 Å². The average Bonchev–Trinajstić information content (AvgIpc) is 2.35.